The third kappa shape index (κ3) is 7.21. The maximum Gasteiger partial charge on any atom is 0.245 e. The predicted molar refractivity (Wildman–Crippen MR) is 64.0 cm³/mol. The van der Waals surface area contributed by atoms with Crippen molar-refractivity contribution >= 4 is 21.6 Å². The Labute approximate surface area is 104 Å². The largest absolute Gasteiger partial charge is 0.473 e. The number of aliphatic hydroxyl groups is 1. The molecule has 0 bridgehead atoms. The normalized spacial score (nSPS) is 13.5. The summed E-state index contributed by atoms with van der Waals surface area (Å²) in [6.45, 7) is 0.679. The third-order valence-electron chi connectivity index (χ3n) is 1.79. The van der Waals surface area contributed by atoms with E-state index in [2.05, 4.69) is 14.1 Å². The highest BCUT2D eigenvalue weighted by Crippen LogP contribution is 2.04. The lowest BCUT2D eigenvalue weighted by molar-refractivity contribution is 0.105. The van der Waals surface area contributed by atoms with Crippen molar-refractivity contribution in [1.29, 1.82) is 0 Å². The molecule has 0 aromatic carbocycles. The zero-order valence-corrected chi connectivity index (χ0v) is 11.0. The van der Waals surface area contributed by atoms with Crippen LogP contribution < -0.4 is 10.1 Å². The van der Waals surface area contributed by atoms with Crippen LogP contribution in [0, 0.1) is 0 Å². The molecule has 1 aromatic rings. The molecule has 0 aliphatic heterocycles. The minimum atomic E-state index is -2.96. The monoisotopic (exact) mass is 281 g/mol. The first kappa shape index (κ1) is 14.3. The van der Waals surface area contributed by atoms with Crippen molar-refractivity contribution in [2.45, 2.75) is 6.10 Å². The Bertz CT molecular complexity index is 406. The fourth-order valence-corrected chi connectivity index (χ4v) is 1.87. The molecule has 1 aromatic heterocycles. The summed E-state index contributed by atoms with van der Waals surface area (Å²) in [6.07, 6.45) is 1.93. The standard InChI is InChI=1S/C8H15N3O4S2/c1-17(13,14)3-2-9-4-7(12)6-15-8-5-10-16-11-8/h5,7,9,12H,2-4,6H2,1H3. The Balaban J connectivity index is 2.07. The van der Waals surface area contributed by atoms with E-state index >= 15 is 0 Å². The van der Waals surface area contributed by atoms with E-state index in [1.165, 1.54) is 12.5 Å². The van der Waals surface area contributed by atoms with Crippen LogP contribution in [0.5, 0.6) is 5.88 Å². The van der Waals surface area contributed by atoms with Crippen LogP contribution in [0.15, 0.2) is 6.20 Å². The number of hydrogen-bond donors (Lipinski definition) is 2. The molecule has 1 rings (SSSR count). The van der Waals surface area contributed by atoms with Crippen molar-refractivity contribution in [1.82, 2.24) is 14.1 Å². The van der Waals surface area contributed by atoms with E-state index in [0.717, 1.165) is 11.7 Å². The van der Waals surface area contributed by atoms with Gasteiger partial charge in [-0.05, 0) is 0 Å². The van der Waals surface area contributed by atoms with Gasteiger partial charge in [-0.3, -0.25) is 0 Å². The van der Waals surface area contributed by atoms with Crippen molar-refractivity contribution in [3.63, 3.8) is 0 Å². The summed E-state index contributed by atoms with van der Waals surface area (Å²) < 4.78 is 34.3. The Morgan fingerprint density at radius 2 is 2.41 bits per heavy atom. The second-order valence-electron chi connectivity index (χ2n) is 3.54. The van der Waals surface area contributed by atoms with E-state index in [1.807, 2.05) is 0 Å². The van der Waals surface area contributed by atoms with Gasteiger partial charge in [0.2, 0.25) is 5.88 Å². The van der Waals surface area contributed by atoms with E-state index in [-0.39, 0.29) is 18.9 Å². The zero-order chi connectivity index (χ0) is 12.7. The van der Waals surface area contributed by atoms with Gasteiger partial charge in [-0.15, -0.1) is 4.37 Å². The molecule has 0 fully saturated rings. The van der Waals surface area contributed by atoms with Crippen LogP contribution in [0.1, 0.15) is 0 Å². The summed E-state index contributed by atoms with van der Waals surface area (Å²) in [7, 11) is -2.96. The molecule has 2 N–H and O–H groups in total. The minimum absolute atomic E-state index is 0.0522. The summed E-state index contributed by atoms with van der Waals surface area (Å²) in [4.78, 5) is 0. The number of sulfone groups is 1. The van der Waals surface area contributed by atoms with E-state index in [1.54, 1.807) is 0 Å². The zero-order valence-electron chi connectivity index (χ0n) is 9.37. The molecule has 0 amide bonds. The smallest absolute Gasteiger partial charge is 0.245 e. The molecule has 0 aliphatic carbocycles. The summed E-state index contributed by atoms with van der Waals surface area (Å²) >= 11 is 1.03. The van der Waals surface area contributed by atoms with Crippen molar-refractivity contribution in [2.24, 2.45) is 0 Å². The van der Waals surface area contributed by atoms with Gasteiger partial charge in [-0.2, -0.15) is 4.37 Å². The lowest BCUT2D eigenvalue weighted by Crippen LogP contribution is -2.34. The van der Waals surface area contributed by atoms with Crippen LogP contribution >= 0.6 is 11.7 Å². The first-order chi connectivity index (χ1) is 7.97. The molecule has 9 heteroatoms. The third-order valence-corrected chi connectivity index (χ3v) is 3.20. The highest BCUT2D eigenvalue weighted by atomic mass is 32.2. The predicted octanol–water partition coefficient (Wildman–Crippen LogP) is -1.09. The lowest BCUT2D eigenvalue weighted by atomic mass is 10.4. The van der Waals surface area contributed by atoms with Gasteiger partial charge in [0.1, 0.15) is 28.7 Å². The first-order valence-corrected chi connectivity index (χ1v) is 7.73. The van der Waals surface area contributed by atoms with Crippen LogP contribution in [0.25, 0.3) is 0 Å². The molecule has 1 unspecified atom stereocenters. The van der Waals surface area contributed by atoms with Crippen molar-refractivity contribution in [3.05, 3.63) is 6.20 Å². The van der Waals surface area contributed by atoms with Crippen molar-refractivity contribution in [2.75, 3.05) is 31.7 Å². The molecule has 0 saturated carbocycles. The second-order valence-corrected chi connectivity index (χ2v) is 6.36. The second kappa shape index (κ2) is 6.84. The molecule has 17 heavy (non-hydrogen) atoms. The minimum Gasteiger partial charge on any atom is -0.473 e. The maximum absolute atomic E-state index is 10.8. The fourth-order valence-electron chi connectivity index (χ4n) is 0.986. The van der Waals surface area contributed by atoms with Crippen LogP contribution in [0.3, 0.4) is 0 Å². The molecular formula is C8H15N3O4S2. The Morgan fingerprint density at radius 3 is 3.00 bits per heavy atom. The number of hydrogen-bond acceptors (Lipinski definition) is 8. The number of ether oxygens (including phenoxy) is 1. The average Bonchev–Trinajstić information content (AvgIpc) is 2.73. The summed E-state index contributed by atoms with van der Waals surface area (Å²) in [6, 6.07) is 0. The Hall–Kier alpha value is -0.770. The maximum atomic E-state index is 10.8. The highest BCUT2D eigenvalue weighted by Gasteiger charge is 2.07. The van der Waals surface area contributed by atoms with Gasteiger partial charge in [0.05, 0.1) is 17.5 Å². The summed E-state index contributed by atoms with van der Waals surface area (Å²) in [5, 5.41) is 12.3. The fraction of sp³-hybridized carbons (Fsp3) is 0.750. The molecule has 0 saturated heterocycles. The van der Waals surface area contributed by atoms with Gasteiger partial charge < -0.3 is 15.2 Å². The van der Waals surface area contributed by atoms with E-state index in [9.17, 15) is 13.5 Å². The first-order valence-electron chi connectivity index (χ1n) is 4.94. The molecular weight excluding hydrogens is 266 g/mol. The highest BCUT2D eigenvalue weighted by molar-refractivity contribution is 7.90. The van der Waals surface area contributed by atoms with Crippen molar-refractivity contribution in [3.8, 4) is 5.88 Å². The molecule has 1 atom stereocenters. The molecule has 0 aliphatic rings. The topological polar surface area (TPSA) is 101 Å². The number of nitrogens with zero attached hydrogens (tertiary/aromatic N) is 2. The van der Waals surface area contributed by atoms with E-state index in [0.29, 0.717) is 12.4 Å². The van der Waals surface area contributed by atoms with E-state index < -0.39 is 15.9 Å². The average molecular weight is 281 g/mol. The number of aliphatic hydroxyl groups excluding tert-OH is 1. The van der Waals surface area contributed by atoms with Crippen LogP contribution in [0.4, 0.5) is 0 Å². The molecule has 0 radical (unpaired) electrons. The van der Waals surface area contributed by atoms with Crippen LogP contribution in [-0.4, -0.2) is 60.1 Å². The van der Waals surface area contributed by atoms with Gasteiger partial charge in [-0.25, -0.2) is 8.42 Å². The van der Waals surface area contributed by atoms with Gasteiger partial charge >= 0.3 is 0 Å². The molecule has 0 spiro atoms. The van der Waals surface area contributed by atoms with Crippen LogP contribution in [-0.2, 0) is 9.84 Å². The SMILES string of the molecule is CS(=O)(=O)CCNCC(O)COc1cnsn1. The molecule has 7 nitrogen and oxygen atoms in total. The Morgan fingerprint density at radius 1 is 1.65 bits per heavy atom. The quantitative estimate of drug-likeness (QED) is 0.584. The van der Waals surface area contributed by atoms with Gasteiger partial charge in [-0.1, -0.05) is 0 Å². The van der Waals surface area contributed by atoms with E-state index in [4.69, 9.17) is 4.74 Å². The van der Waals surface area contributed by atoms with Gasteiger partial charge in [0, 0.05) is 19.3 Å². The molecule has 98 valence electrons. The van der Waals surface area contributed by atoms with Crippen molar-refractivity contribution < 1.29 is 18.3 Å². The lowest BCUT2D eigenvalue weighted by Gasteiger charge is -2.11. The summed E-state index contributed by atoms with van der Waals surface area (Å²) in [5.74, 6) is 0.432. The summed E-state index contributed by atoms with van der Waals surface area (Å²) in [5.41, 5.74) is 0. The number of aromatic nitrogens is 2. The van der Waals surface area contributed by atoms with Crippen LogP contribution in [0.2, 0.25) is 0 Å². The Kier molecular flexibility index (Phi) is 5.75. The van der Waals surface area contributed by atoms with Gasteiger partial charge in [0.25, 0.3) is 0 Å². The number of nitrogens with one attached hydrogen (secondary N) is 1. The number of rotatable bonds is 8. The van der Waals surface area contributed by atoms with Gasteiger partial charge in [0.15, 0.2) is 0 Å². The molecule has 1 heterocycles.